The molecule has 2 aliphatic rings. The van der Waals surface area contributed by atoms with E-state index in [1.165, 1.54) is 31.4 Å². The maximum absolute atomic E-state index is 13.4. The van der Waals surface area contributed by atoms with E-state index in [9.17, 15) is 17.2 Å². The summed E-state index contributed by atoms with van der Waals surface area (Å²) in [6.45, 7) is 0.676. The third-order valence-corrected chi connectivity index (χ3v) is 7.01. The van der Waals surface area contributed by atoms with Crippen molar-refractivity contribution in [2.45, 2.75) is 51.1 Å². The van der Waals surface area contributed by atoms with Crippen molar-refractivity contribution in [3.8, 4) is 0 Å². The van der Waals surface area contributed by atoms with Gasteiger partial charge in [0.1, 0.15) is 11.6 Å². The molecule has 9 heteroatoms. The van der Waals surface area contributed by atoms with E-state index in [1.54, 1.807) is 0 Å². The van der Waals surface area contributed by atoms with Crippen LogP contribution in [-0.4, -0.2) is 38.5 Å². The minimum atomic E-state index is -2.92. The maximum Gasteiger partial charge on any atom is 0.191 e. The summed E-state index contributed by atoms with van der Waals surface area (Å²) in [6.07, 6.45) is 6.35. The highest BCUT2D eigenvalue weighted by atomic mass is 127. The molecule has 1 saturated heterocycles. The lowest BCUT2D eigenvalue weighted by molar-refractivity contribution is 0.408. The number of benzene rings is 1. The molecular formula is C19H28F2IN3O2S. The lowest BCUT2D eigenvalue weighted by atomic mass is 9.96. The topological polar surface area (TPSA) is 70.6 Å². The average molecular weight is 527 g/mol. The Morgan fingerprint density at radius 2 is 1.75 bits per heavy atom. The van der Waals surface area contributed by atoms with Crippen LogP contribution in [0.1, 0.15) is 44.1 Å². The van der Waals surface area contributed by atoms with E-state index in [4.69, 9.17) is 0 Å². The highest BCUT2D eigenvalue weighted by molar-refractivity contribution is 14.0. The van der Waals surface area contributed by atoms with Gasteiger partial charge in [-0.15, -0.1) is 24.0 Å². The Bertz CT molecular complexity index is 763. The number of aliphatic imine (C=N–C) groups is 1. The first kappa shape index (κ1) is 23.3. The first-order chi connectivity index (χ1) is 12.9. The third kappa shape index (κ3) is 7.46. The maximum atomic E-state index is 13.4. The van der Waals surface area contributed by atoms with Crippen molar-refractivity contribution in [1.29, 1.82) is 0 Å². The van der Waals surface area contributed by atoms with E-state index in [-0.39, 0.29) is 47.9 Å². The van der Waals surface area contributed by atoms with Crippen LogP contribution >= 0.6 is 24.0 Å². The molecule has 2 N–H and O–H groups in total. The molecule has 0 aromatic heterocycles. The first-order valence-corrected chi connectivity index (χ1v) is 11.4. The fourth-order valence-corrected chi connectivity index (χ4v) is 5.60. The van der Waals surface area contributed by atoms with Gasteiger partial charge in [0.05, 0.1) is 18.1 Å². The summed E-state index contributed by atoms with van der Waals surface area (Å²) in [7, 11) is -2.92. The molecular weight excluding hydrogens is 499 g/mol. The largest absolute Gasteiger partial charge is 0.356 e. The van der Waals surface area contributed by atoms with Crippen LogP contribution < -0.4 is 10.6 Å². The summed E-state index contributed by atoms with van der Waals surface area (Å²) >= 11 is 0. The molecule has 1 saturated carbocycles. The zero-order valence-electron chi connectivity index (χ0n) is 15.8. The average Bonchev–Trinajstić information content (AvgIpc) is 2.96. The second kappa shape index (κ2) is 10.7. The van der Waals surface area contributed by atoms with Gasteiger partial charge in [-0.1, -0.05) is 19.3 Å². The van der Waals surface area contributed by atoms with Gasteiger partial charge >= 0.3 is 0 Å². The molecule has 2 fully saturated rings. The quantitative estimate of drug-likeness (QED) is 0.350. The summed E-state index contributed by atoms with van der Waals surface area (Å²) in [5.74, 6) is -0.149. The molecule has 0 spiro atoms. The summed E-state index contributed by atoms with van der Waals surface area (Å²) in [5.41, 5.74) is 0.459. The predicted molar refractivity (Wildman–Crippen MR) is 118 cm³/mol. The van der Waals surface area contributed by atoms with Crippen LogP contribution in [0.5, 0.6) is 0 Å². The number of guanidine groups is 1. The van der Waals surface area contributed by atoms with Crippen molar-refractivity contribution in [2.24, 2.45) is 10.9 Å². The number of nitrogens with one attached hydrogen (secondary N) is 2. The third-order valence-electron chi connectivity index (χ3n) is 5.17. The molecule has 1 heterocycles. The van der Waals surface area contributed by atoms with E-state index in [0.717, 1.165) is 18.9 Å². The molecule has 1 aromatic rings. The van der Waals surface area contributed by atoms with Crippen molar-refractivity contribution in [3.05, 3.63) is 35.4 Å². The summed E-state index contributed by atoms with van der Waals surface area (Å²) in [4.78, 5) is 4.48. The predicted octanol–water partition coefficient (Wildman–Crippen LogP) is 3.39. The van der Waals surface area contributed by atoms with Gasteiger partial charge in [0.25, 0.3) is 0 Å². The Hall–Kier alpha value is -0.970. The Kier molecular flexibility index (Phi) is 8.91. The van der Waals surface area contributed by atoms with E-state index < -0.39 is 21.5 Å². The number of hydrogen-bond donors (Lipinski definition) is 2. The molecule has 3 rings (SSSR count). The summed E-state index contributed by atoms with van der Waals surface area (Å²) in [5, 5.41) is 6.64. The number of sulfone groups is 1. The lowest BCUT2D eigenvalue weighted by Crippen LogP contribution is -2.45. The molecule has 1 aromatic carbocycles. The summed E-state index contributed by atoms with van der Waals surface area (Å²) in [6, 6.07) is 3.71. The molecule has 1 unspecified atom stereocenters. The fourth-order valence-electron chi connectivity index (χ4n) is 3.74. The van der Waals surface area contributed by atoms with E-state index in [0.29, 0.717) is 30.5 Å². The lowest BCUT2D eigenvalue weighted by Gasteiger charge is -2.25. The van der Waals surface area contributed by atoms with Crippen LogP contribution in [0.2, 0.25) is 0 Å². The molecule has 1 aliphatic heterocycles. The smallest absolute Gasteiger partial charge is 0.191 e. The van der Waals surface area contributed by atoms with Crippen molar-refractivity contribution < 1.29 is 17.2 Å². The van der Waals surface area contributed by atoms with Gasteiger partial charge in [-0.3, -0.25) is 0 Å². The molecule has 1 atom stereocenters. The van der Waals surface area contributed by atoms with E-state index >= 15 is 0 Å². The van der Waals surface area contributed by atoms with Crippen molar-refractivity contribution in [2.75, 3.05) is 18.1 Å². The Morgan fingerprint density at radius 3 is 2.36 bits per heavy atom. The fraction of sp³-hybridized carbons (Fsp3) is 0.632. The number of nitrogens with zero attached hydrogens (tertiary/aromatic N) is 1. The van der Waals surface area contributed by atoms with Gasteiger partial charge in [-0.2, -0.15) is 0 Å². The van der Waals surface area contributed by atoms with Crippen molar-refractivity contribution in [3.63, 3.8) is 0 Å². The zero-order valence-corrected chi connectivity index (χ0v) is 18.9. The molecule has 1 aliphatic carbocycles. The van der Waals surface area contributed by atoms with Gasteiger partial charge in [-0.25, -0.2) is 22.2 Å². The van der Waals surface area contributed by atoms with Gasteiger partial charge in [0, 0.05) is 18.7 Å². The SMILES string of the molecule is I.O=S1(=O)CCC(CNC(=NCc2cc(F)cc(F)c2)NC2CCCCC2)C1. The second-order valence-corrected chi connectivity index (χ2v) is 9.80. The highest BCUT2D eigenvalue weighted by Crippen LogP contribution is 2.19. The van der Waals surface area contributed by atoms with Gasteiger partial charge < -0.3 is 10.6 Å². The second-order valence-electron chi connectivity index (χ2n) is 7.57. The minimum Gasteiger partial charge on any atom is -0.356 e. The summed E-state index contributed by atoms with van der Waals surface area (Å²) < 4.78 is 50.0. The van der Waals surface area contributed by atoms with E-state index in [2.05, 4.69) is 15.6 Å². The van der Waals surface area contributed by atoms with E-state index in [1.807, 2.05) is 0 Å². The molecule has 0 amide bonds. The Balaban J connectivity index is 0.00000280. The van der Waals surface area contributed by atoms with Crippen LogP contribution in [0, 0.1) is 17.6 Å². The molecule has 158 valence electrons. The van der Waals surface area contributed by atoms with Crippen LogP contribution in [0.4, 0.5) is 8.78 Å². The molecule has 0 bridgehead atoms. The normalized spacial score (nSPS) is 22.5. The molecule has 0 radical (unpaired) electrons. The van der Waals surface area contributed by atoms with Crippen LogP contribution in [-0.2, 0) is 16.4 Å². The Labute approximate surface area is 182 Å². The zero-order chi connectivity index (χ0) is 19.3. The minimum absolute atomic E-state index is 0. The van der Waals surface area contributed by atoms with Crippen LogP contribution in [0.3, 0.4) is 0 Å². The van der Waals surface area contributed by atoms with Crippen LogP contribution in [0.15, 0.2) is 23.2 Å². The van der Waals surface area contributed by atoms with Gasteiger partial charge in [-0.05, 0) is 42.9 Å². The Morgan fingerprint density at radius 1 is 1.07 bits per heavy atom. The monoisotopic (exact) mass is 527 g/mol. The number of halogens is 3. The first-order valence-electron chi connectivity index (χ1n) is 9.60. The standard InChI is InChI=1S/C19H27F2N3O2S.HI/c20-16-8-15(9-17(21)10-16)12-23-19(24-18-4-2-1-3-5-18)22-11-14-6-7-27(25,26)13-14;/h8-10,14,18H,1-7,11-13H2,(H2,22,23,24);1H. The molecule has 28 heavy (non-hydrogen) atoms. The van der Waals surface area contributed by atoms with Gasteiger partial charge in [0.2, 0.25) is 0 Å². The number of hydrogen-bond acceptors (Lipinski definition) is 3. The number of rotatable bonds is 5. The highest BCUT2D eigenvalue weighted by Gasteiger charge is 2.28. The van der Waals surface area contributed by atoms with Gasteiger partial charge in [0.15, 0.2) is 15.8 Å². The molecule has 5 nitrogen and oxygen atoms in total. The van der Waals surface area contributed by atoms with Crippen LogP contribution in [0.25, 0.3) is 0 Å². The van der Waals surface area contributed by atoms with Crippen molar-refractivity contribution >= 4 is 39.8 Å². The van der Waals surface area contributed by atoms with Crippen molar-refractivity contribution in [1.82, 2.24) is 10.6 Å².